The zero-order valence-corrected chi connectivity index (χ0v) is 15.3. The number of nitrogens with zero attached hydrogens (tertiary/aromatic N) is 4. The molecule has 1 amide bonds. The van der Waals surface area contributed by atoms with Gasteiger partial charge in [0.1, 0.15) is 6.07 Å². The number of carbonyl (C=O) groups is 1. The second-order valence-corrected chi connectivity index (χ2v) is 8.19. The summed E-state index contributed by atoms with van der Waals surface area (Å²) < 4.78 is 32.2. The highest BCUT2D eigenvalue weighted by atomic mass is 32.2. The number of nitriles is 1. The zero-order valence-electron chi connectivity index (χ0n) is 14.5. The van der Waals surface area contributed by atoms with E-state index in [1.54, 1.807) is 17.0 Å². The van der Waals surface area contributed by atoms with Gasteiger partial charge in [-0.1, -0.05) is 12.1 Å². The fraction of sp³-hybridized carbons (Fsp3) is 0.529. The molecule has 2 saturated heterocycles. The summed E-state index contributed by atoms with van der Waals surface area (Å²) in [5.41, 5.74) is 0.137. The summed E-state index contributed by atoms with van der Waals surface area (Å²) in [4.78, 5) is 16.2. The molecule has 2 fully saturated rings. The molecule has 0 saturated carbocycles. The summed E-state index contributed by atoms with van der Waals surface area (Å²) in [5, 5.41) is 9.15. The average molecular weight is 378 g/mol. The van der Waals surface area contributed by atoms with Gasteiger partial charge in [-0.15, -0.1) is 0 Å². The fourth-order valence-electron chi connectivity index (χ4n) is 3.15. The van der Waals surface area contributed by atoms with Crippen molar-refractivity contribution in [1.82, 2.24) is 14.1 Å². The minimum Gasteiger partial charge on any atom is -0.379 e. The number of hydrogen-bond donors (Lipinski definition) is 0. The molecule has 0 bridgehead atoms. The molecule has 0 aromatic heterocycles. The van der Waals surface area contributed by atoms with E-state index in [1.807, 2.05) is 6.07 Å². The first-order valence-electron chi connectivity index (χ1n) is 8.59. The Hall–Kier alpha value is -1.99. The summed E-state index contributed by atoms with van der Waals surface area (Å²) in [6.45, 7) is 4.28. The van der Waals surface area contributed by atoms with E-state index < -0.39 is 10.0 Å². The molecule has 2 aliphatic heterocycles. The highest BCUT2D eigenvalue weighted by molar-refractivity contribution is 7.89. The molecule has 2 heterocycles. The maximum absolute atomic E-state index is 12.8. The third-order valence-electron chi connectivity index (χ3n) is 4.68. The lowest BCUT2D eigenvalue weighted by Gasteiger charge is -2.35. The van der Waals surface area contributed by atoms with Crippen LogP contribution in [0.5, 0.6) is 0 Å². The van der Waals surface area contributed by atoms with Crippen LogP contribution in [-0.2, 0) is 19.6 Å². The van der Waals surface area contributed by atoms with E-state index in [-0.39, 0.29) is 29.5 Å². The maximum Gasteiger partial charge on any atom is 0.244 e. The van der Waals surface area contributed by atoms with E-state index in [0.29, 0.717) is 32.8 Å². The number of rotatable bonds is 4. The largest absolute Gasteiger partial charge is 0.379 e. The Morgan fingerprint density at radius 2 is 1.73 bits per heavy atom. The first-order valence-corrected chi connectivity index (χ1v) is 10.0. The Morgan fingerprint density at radius 3 is 2.38 bits per heavy atom. The highest BCUT2D eigenvalue weighted by Gasteiger charge is 2.32. The molecule has 3 rings (SSSR count). The van der Waals surface area contributed by atoms with E-state index in [2.05, 4.69) is 4.90 Å². The van der Waals surface area contributed by atoms with Gasteiger partial charge >= 0.3 is 0 Å². The number of morpholine rings is 1. The van der Waals surface area contributed by atoms with Gasteiger partial charge in [0.05, 0.1) is 30.2 Å². The molecule has 0 radical (unpaired) electrons. The standard InChI is InChI=1S/C17H22N4O4S/c18-13-15-3-1-2-4-16(15)26(23,24)21-7-5-20(6-8-21)17(22)14-19-9-11-25-12-10-19/h1-4H,5-12,14H2. The third-order valence-corrected chi connectivity index (χ3v) is 6.64. The molecule has 8 nitrogen and oxygen atoms in total. The highest BCUT2D eigenvalue weighted by Crippen LogP contribution is 2.21. The molecule has 26 heavy (non-hydrogen) atoms. The lowest BCUT2D eigenvalue weighted by Crippen LogP contribution is -2.53. The maximum atomic E-state index is 12.8. The quantitative estimate of drug-likeness (QED) is 0.716. The number of piperazine rings is 1. The third kappa shape index (κ3) is 4.04. The molecule has 1 aromatic rings. The van der Waals surface area contributed by atoms with E-state index in [1.165, 1.54) is 16.4 Å². The zero-order chi connectivity index (χ0) is 18.6. The van der Waals surface area contributed by atoms with E-state index in [0.717, 1.165) is 13.1 Å². The van der Waals surface area contributed by atoms with Crippen LogP contribution >= 0.6 is 0 Å². The molecule has 140 valence electrons. The van der Waals surface area contributed by atoms with Crippen LogP contribution in [0.2, 0.25) is 0 Å². The molecule has 0 spiro atoms. The second kappa shape index (κ2) is 8.14. The minimum atomic E-state index is -3.74. The average Bonchev–Trinajstić information content (AvgIpc) is 2.68. The summed E-state index contributed by atoms with van der Waals surface area (Å²) in [7, 11) is -3.74. The van der Waals surface area contributed by atoms with Crippen molar-refractivity contribution in [3.63, 3.8) is 0 Å². The van der Waals surface area contributed by atoms with Crippen LogP contribution in [0, 0.1) is 11.3 Å². The van der Waals surface area contributed by atoms with Crippen LogP contribution in [0.3, 0.4) is 0 Å². The Labute approximate surface area is 153 Å². The van der Waals surface area contributed by atoms with Crippen LogP contribution in [0.1, 0.15) is 5.56 Å². The summed E-state index contributed by atoms with van der Waals surface area (Å²) >= 11 is 0. The number of benzene rings is 1. The topological polar surface area (TPSA) is 93.9 Å². The second-order valence-electron chi connectivity index (χ2n) is 6.28. The van der Waals surface area contributed by atoms with Gasteiger partial charge in [0.15, 0.2) is 0 Å². The van der Waals surface area contributed by atoms with E-state index >= 15 is 0 Å². The van der Waals surface area contributed by atoms with Crippen molar-refractivity contribution >= 4 is 15.9 Å². The molecule has 0 unspecified atom stereocenters. The van der Waals surface area contributed by atoms with E-state index in [9.17, 15) is 13.2 Å². The first kappa shape index (κ1) is 18.8. The number of amides is 1. The van der Waals surface area contributed by atoms with Crippen molar-refractivity contribution in [2.75, 3.05) is 59.0 Å². The van der Waals surface area contributed by atoms with Gasteiger partial charge in [-0.25, -0.2) is 8.42 Å². The Bertz CT molecular complexity index is 791. The molecular weight excluding hydrogens is 356 g/mol. The monoisotopic (exact) mass is 378 g/mol. The van der Waals surface area contributed by atoms with Crippen LogP contribution in [0.25, 0.3) is 0 Å². The van der Waals surface area contributed by atoms with Crippen LogP contribution in [-0.4, -0.2) is 87.5 Å². The SMILES string of the molecule is N#Cc1ccccc1S(=O)(=O)N1CCN(C(=O)CN2CCOCC2)CC1. The minimum absolute atomic E-state index is 0.0152. The number of ether oxygens (including phenoxy) is 1. The lowest BCUT2D eigenvalue weighted by molar-refractivity contribution is -0.134. The predicted molar refractivity (Wildman–Crippen MR) is 93.8 cm³/mol. The molecule has 0 atom stereocenters. The van der Waals surface area contributed by atoms with Gasteiger partial charge in [-0.3, -0.25) is 9.69 Å². The van der Waals surface area contributed by atoms with Crippen molar-refractivity contribution in [1.29, 1.82) is 5.26 Å². The van der Waals surface area contributed by atoms with Crippen molar-refractivity contribution in [3.05, 3.63) is 29.8 Å². The molecular formula is C17H22N4O4S. The van der Waals surface area contributed by atoms with Gasteiger partial charge in [-0.05, 0) is 12.1 Å². The fourth-order valence-corrected chi connectivity index (χ4v) is 4.72. The van der Waals surface area contributed by atoms with E-state index in [4.69, 9.17) is 10.00 Å². The van der Waals surface area contributed by atoms with Crippen LogP contribution in [0.4, 0.5) is 0 Å². The van der Waals surface area contributed by atoms with Gasteiger partial charge in [-0.2, -0.15) is 9.57 Å². The lowest BCUT2D eigenvalue weighted by atomic mass is 10.2. The van der Waals surface area contributed by atoms with Gasteiger partial charge in [0, 0.05) is 39.3 Å². The Balaban J connectivity index is 1.61. The Kier molecular flexibility index (Phi) is 5.88. The van der Waals surface area contributed by atoms with Crippen molar-refractivity contribution in [2.45, 2.75) is 4.90 Å². The van der Waals surface area contributed by atoms with Crippen molar-refractivity contribution in [3.8, 4) is 6.07 Å². The normalized spacial score (nSPS) is 19.9. The van der Waals surface area contributed by atoms with Crippen molar-refractivity contribution in [2.24, 2.45) is 0 Å². The summed E-state index contributed by atoms with van der Waals surface area (Å²) in [6.07, 6.45) is 0. The van der Waals surface area contributed by atoms with Crippen LogP contribution < -0.4 is 0 Å². The van der Waals surface area contributed by atoms with Gasteiger partial charge < -0.3 is 9.64 Å². The summed E-state index contributed by atoms with van der Waals surface area (Å²) in [6, 6.07) is 8.12. The molecule has 1 aromatic carbocycles. The summed E-state index contributed by atoms with van der Waals surface area (Å²) in [5.74, 6) is 0.0152. The number of carbonyl (C=O) groups excluding carboxylic acids is 1. The Morgan fingerprint density at radius 1 is 1.08 bits per heavy atom. The molecule has 9 heteroatoms. The molecule has 0 N–H and O–H groups in total. The molecule has 2 aliphatic rings. The molecule has 0 aliphatic carbocycles. The van der Waals surface area contributed by atoms with Crippen molar-refractivity contribution < 1.29 is 17.9 Å². The number of sulfonamides is 1. The smallest absolute Gasteiger partial charge is 0.244 e. The van der Waals surface area contributed by atoms with Crippen LogP contribution in [0.15, 0.2) is 29.2 Å². The van der Waals surface area contributed by atoms with Gasteiger partial charge in [0.25, 0.3) is 0 Å². The van der Waals surface area contributed by atoms with Gasteiger partial charge in [0.2, 0.25) is 15.9 Å². The first-order chi connectivity index (χ1) is 12.5. The number of hydrogen-bond acceptors (Lipinski definition) is 6. The predicted octanol–water partition coefficient (Wildman–Crippen LogP) is -0.277.